The zero-order valence-electron chi connectivity index (χ0n) is 12.5. The Kier molecular flexibility index (Phi) is 4.26. The maximum absolute atomic E-state index is 14.2. The van der Waals surface area contributed by atoms with Gasteiger partial charge < -0.3 is 5.11 Å². The SMILES string of the molecule is Cc1cc(F)c(-c2nc(C)n(C(F)F)c(=O)c2C)cc1C(=O)O. The highest BCUT2D eigenvalue weighted by molar-refractivity contribution is 5.91. The number of carbonyl (C=O) groups is 1. The van der Waals surface area contributed by atoms with Crippen LogP contribution in [0.1, 0.15) is 33.9 Å². The van der Waals surface area contributed by atoms with Crippen LogP contribution in [0.5, 0.6) is 0 Å². The van der Waals surface area contributed by atoms with Crippen LogP contribution in [0.25, 0.3) is 11.3 Å². The molecule has 5 nitrogen and oxygen atoms in total. The van der Waals surface area contributed by atoms with Gasteiger partial charge in [0.2, 0.25) is 0 Å². The predicted octanol–water partition coefficient (Wildman–Crippen LogP) is 3.07. The first-order valence-electron chi connectivity index (χ1n) is 6.56. The molecule has 0 aliphatic heterocycles. The number of nitrogens with zero attached hydrogens (tertiary/aromatic N) is 2. The smallest absolute Gasteiger partial charge is 0.335 e. The van der Waals surface area contributed by atoms with Gasteiger partial charge in [0.1, 0.15) is 11.6 Å². The molecular weight excluding hydrogens is 313 g/mol. The summed E-state index contributed by atoms with van der Waals surface area (Å²) in [7, 11) is 0. The van der Waals surface area contributed by atoms with Gasteiger partial charge in [0.25, 0.3) is 5.56 Å². The molecule has 1 heterocycles. The molecule has 1 aromatic carbocycles. The average molecular weight is 326 g/mol. The molecule has 23 heavy (non-hydrogen) atoms. The number of hydrogen-bond donors (Lipinski definition) is 1. The summed E-state index contributed by atoms with van der Waals surface area (Å²) in [5.41, 5.74) is -1.50. The van der Waals surface area contributed by atoms with Gasteiger partial charge in [0.05, 0.1) is 11.3 Å². The molecule has 0 amide bonds. The van der Waals surface area contributed by atoms with Crippen molar-refractivity contribution in [3.05, 3.63) is 50.8 Å². The van der Waals surface area contributed by atoms with E-state index in [2.05, 4.69) is 4.98 Å². The van der Waals surface area contributed by atoms with Crippen molar-refractivity contribution in [2.24, 2.45) is 0 Å². The Morgan fingerprint density at radius 3 is 2.39 bits per heavy atom. The molecule has 1 aromatic heterocycles. The molecule has 0 saturated carbocycles. The molecule has 0 saturated heterocycles. The van der Waals surface area contributed by atoms with Crippen LogP contribution in [0.2, 0.25) is 0 Å². The van der Waals surface area contributed by atoms with Crippen molar-refractivity contribution in [3.8, 4) is 11.3 Å². The van der Waals surface area contributed by atoms with Crippen molar-refractivity contribution in [2.45, 2.75) is 27.3 Å². The van der Waals surface area contributed by atoms with Crippen LogP contribution in [0.4, 0.5) is 13.2 Å². The number of alkyl halides is 2. The highest BCUT2D eigenvalue weighted by atomic mass is 19.3. The summed E-state index contributed by atoms with van der Waals surface area (Å²) in [6.07, 6.45) is 0. The van der Waals surface area contributed by atoms with Gasteiger partial charge in [-0.2, -0.15) is 8.78 Å². The summed E-state index contributed by atoms with van der Waals surface area (Å²) < 4.78 is 40.1. The zero-order valence-corrected chi connectivity index (χ0v) is 12.5. The minimum atomic E-state index is -3.07. The lowest BCUT2D eigenvalue weighted by molar-refractivity contribution is 0.0625. The van der Waals surface area contributed by atoms with E-state index in [1.54, 1.807) is 0 Å². The zero-order chi connectivity index (χ0) is 17.5. The third kappa shape index (κ3) is 2.84. The Hall–Kier alpha value is -2.64. The van der Waals surface area contributed by atoms with Crippen molar-refractivity contribution in [3.63, 3.8) is 0 Å². The first-order chi connectivity index (χ1) is 10.6. The highest BCUT2D eigenvalue weighted by Crippen LogP contribution is 2.27. The first-order valence-corrected chi connectivity index (χ1v) is 6.56. The summed E-state index contributed by atoms with van der Waals surface area (Å²) in [6.45, 7) is 0.792. The molecule has 122 valence electrons. The van der Waals surface area contributed by atoms with E-state index in [1.807, 2.05) is 0 Å². The predicted molar refractivity (Wildman–Crippen MR) is 76.3 cm³/mol. The van der Waals surface area contributed by atoms with Crippen molar-refractivity contribution in [1.29, 1.82) is 0 Å². The van der Waals surface area contributed by atoms with Crippen LogP contribution < -0.4 is 5.56 Å². The third-order valence-electron chi connectivity index (χ3n) is 3.51. The fourth-order valence-corrected chi connectivity index (χ4v) is 2.31. The van der Waals surface area contributed by atoms with Crippen molar-refractivity contribution < 1.29 is 23.1 Å². The van der Waals surface area contributed by atoms with Gasteiger partial charge >= 0.3 is 12.5 Å². The first kappa shape index (κ1) is 16.7. The number of carboxylic acids is 1. The Labute approximate surface area is 129 Å². The maximum atomic E-state index is 14.2. The molecule has 0 aliphatic rings. The van der Waals surface area contributed by atoms with Crippen molar-refractivity contribution in [2.75, 3.05) is 0 Å². The molecule has 1 N–H and O–H groups in total. The number of aromatic nitrogens is 2. The van der Waals surface area contributed by atoms with Crippen LogP contribution in [-0.2, 0) is 0 Å². The summed E-state index contributed by atoms with van der Waals surface area (Å²) in [4.78, 5) is 27.1. The molecular formula is C15H13F3N2O3. The van der Waals surface area contributed by atoms with Crippen molar-refractivity contribution >= 4 is 5.97 Å². The van der Waals surface area contributed by atoms with Gasteiger partial charge in [-0.05, 0) is 38.5 Å². The van der Waals surface area contributed by atoms with E-state index >= 15 is 0 Å². The van der Waals surface area contributed by atoms with Gasteiger partial charge in [-0.25, -0.2) is 18.7 Å². The van der Waals surface area contributed by atoms with E-state index in [-0.39, 0.29) is 38.3 Å². The van der Waals surface area contributed by atoms with E-state index in [1.165, 1.54) is 20.8 Å². The van der Waals surface area contributed by atoms with Crippen LogP contribution >= 0.6 is 0 Å². The maximum Gasteiger partial charge on any atom is 0.335 e. The average Bonchev–Trinajstić information content (AvgIpc) is 2.42. The van der Waals surface area contributed by atoms with Crippen LogP contribution in [-0.4, -0.2) is 20.6 Å². The topological polar surface area (TPSA) is 72.2 Å². The van der Waals surface area contributed by atoms with Gasteiger partial charge in [-0.3, -0.25) is 4.79 Å². The van der Waals surface area contributed by atoms with Gasteiger partial charge in [0, 0.05) is 11.1 Å². The molecule has 0 aliphatic carbocycles. The Morgan fingerprint density at radius 2 is 1.87 bits per heavy atom. The molecule has 0 bridgehead atoms. The Balaban J connectivity index is 2.81. The quantitative estimate of drug-likeness (QED) is 0.941. The molecule has 0 fully saturated rings. The number of rotatable bonds is 3. The van der Waals surface area contributed by atoms with Crippen LogP contribution in [0.15, 0.2) is 16.9 Å². The lowest BCUT2D eigenvalue weighted by Crippen LogP contribution is -2.27. The summed E-state index contributed by atoms with van der Waals surface area (Å²) in [6, 6.07) is 2.06. The number of aromatic carboxylic acids is 1. The Bertz CT molecular complexity index is 860. The van der Waals surface area contributed by atoms with Crippen LogP contribution in [0, 0.1) is 26.6 Å². The summed E-state index contributed by atoms with van der Waals surface area (Å²) in [5.74, 6) is -2.34. The second kappa shape index (κ2) is 5.86. The largest absolute Gasteiger partial charge is 0.478 e. The van der Waals surface area contributed by atoms with Gasteiger partial charge in [-0.15, -0.1) is 0 Å². The fraction of sp³-hybridized carbons (Fsp3) is 0.267. The molecule has 0 unspecified atom stereocenters. The minimum absolute atomic E-state index is 0.149. The van der Waals surface area contributed by atoms with E-state index < -0.39 is 23.9 Å². The molecule has 8 heteroatoms. The van der Waals surface area contributed by atoms with Crippen molar-refractivity contribution in [1.82, 2.24) is 9.55 Å². The van der Waals surface area contributed by atoms with E-state index in [0.29, 0.717) is 0 Å². The molecule has 2 aromatic rings. The van der Waals surface area contributed by atoms with Gasteiger partial charge in [0.15, 0.2) is 0 Å². The highest BCUT2D eigenvalue weighted by Gasteiger charge is 2.21. The Morgan fingerprint density at radius 1 is 1.26 bits per heavy atom. The van der Waals surface area contributed by atoms with E-state index in [4.69, 9.17) is 5.11 Å². The number of benzene rings is 1. The molecule has 2 rings (SSSR count). The second-order valence-electron chi connectivity index (χ2n) is 5.04. The molecule has 0 radical (unpaired) electrons. The number of hydrogen-bond acceptors (Lipinski definition) is 3. The van der Waals surface area contributed by atoms with Crippen LogP contribution in [0.3, 0.4) is 0 Å². The van der Waals surface area contributed by atoms with E-state index in [9.17, 15) is 22.8 Å². The molecule has 0 spiro atoms. The number of carboxylic acid groups (broad SMARTS) is 1. The summed E-state index contributed by atoms with van der Waals surface area (Å²) in [5, 5.41) is 9.12. The number of halogens is 3. The van der Waals surface area contributed by atoms with Gasteiger partial charge in [-0.1, -0.05) is 0 Å². The third-order valence-corrected chi connectivity index (χ3v) is 3.51. The fourth-order valence-electron chi connectivity index (χ4n) is 2.31. The lowest BCUT2D eigenvalue weighted by atomic mass is 10.00. The standard InChI is InChI=1S/C15H13F3N2O3/c1-6-4-11(16)10(5-9(6)14(22)23)12-7(2)13(21)20(15(17)18)8(3)19-12/h4-5,15H,1-3H3,(H,22,23). The second-order valence-corrected chi connectivity index (χ2v) is 5.04. The monoisotopic (exact) mass is 326 g/mol. The summed E-state index contributed by atoms with van der Waals surface area (Å²) >= 11 is 0. The normalized spacial score (nSPS) is 11.1. The molecule has 0 atom stereocenters. The van der Waals surface area contributed by atoms with E-state index in [0.717, 1.165) is 12.1 Å². The minimum Gasteiger partial charge on any atom is -0.478 e. The lowest BCUT2D eigenvalue weighted by Gasteiger charge is -2.14. The number of aryl methyl sites for hydroxylation is 2.